The van der Waals surface area contributed by atoms with Crippen LogP contribution in [-0.4, -0.2) is 34.4 Å². The second-order valence-corrected chi connectivity index (χ2v) is 15.8. The van der Waals surface area contributed by atoms with Crippen molar-refractivity contribution >= 4 is 11.9 Å². The summed E-state index contributed by atoms with van der Waals surface area (Å²) < 4.78 is 5.76. The van der Waals surface area contributed by atoms with Crippen molar-refractivity contribution in [1.82, 2.24) is 0 Å². The molecule has 2 N–H and O–H groups in total. The van der Waals surface area contributed by atoms with E-state index >= 15 is 0 Å². The molecule has 208 valence electrons. The number of hydrogen-bond acceptors (Lipinski definition) is 4. The van der Waals surface area contributed by atoms with E-state index in [2.05, 4.69) is 54.5 Å². The van der Waals surface area contributed by atoms with Gasteiger partial charge in [-0.05, 0) is 103 Å². The van der Waals surface area contributed by atoms with Crippen LogP contribution in [0.2, 0.25) is 0 Å². The number of carbonyl (C=O) groups is 2. The molecule has 0 aromatic rings. The number of hydrogen-bond donors (Lipinski definition) is 2. The van der Waals surface area contributed by atoms with Crippen molar-refractivity contribution in [3.05, 3.63) is 11.6 Å². The lowest BCUT2D eigenvalue weighted by Crippen LogP contribution is -2.67. The first-order valence-corrected chi connectivity index (χ1v) is 14.7. The zero-order valence-electron chi connectivity index (χ0n) is 24.4. The van der Waals surface area contributed by atoms with Gasteiger partial charge in [-0.3, -0.25) is 9.59 Å². The Balaban J connectivity index is 1.59. The molecule has 0 aliphatic heterocycles. The Morgan fingerprint density at radius 1 is 0.919 bits per heavy atom. The van der Waals surface area contributed by atoms with Gasteiger partial charge in [0.25, 0.3) is 0 Å². The van der Waals surface area contributed by atoms with Crippen LogP contribution in [0.3, 0.4) is 0 Å². The third-order valence-corrected chi connectivity index (χ3v) is 13.3. The summed E-state index contributed by atoms with van der Waals surface area (Å²) in [7, 11) is 0. The molecule has 0 aromatic carbocycles. The van der Waals surface area contributed by atoms with E-state index in [1.807, 2.05) is 0 Å². The van der Waals surface area contributed by atoms with Gasteiger partial charge in [-0.2, -0.15) is 0 Å². The smallest absolute Gasteiger partial charge is 0.310 e. The summed E-state index contributed by atoms with van der Waals surface area (Å²) in [6, 6.07) is 0. The summed E-state index contributed by atoms with van der Waals surface area (Å²) in [5, 5.41) is 21.9. The summed E-state index contributed by atoms with van der Waals surface area (Å²) in [4.78, 5) is 24.8. The van der Waals surface area contributed by atoms with Gasteiger partial charge in [0.05, 0.1) is 11.5 Å². The maximum absolute atomic E-state index is 12.8. The Morgan fingerprint density at radius 3 is 2.19 bits per heavy atom. The molecule has 0 heterocycles. The second-order valence-electron chi connectivity index (χ2n) is 15.8. The van der Waals surface area contributed by atoms with Crippen molar-refractivity contribution in [2.45, 2.75) is 125 Å². The molecule has 4 saturated carbocycles. The molecule has 5 nitrogen and oxygen atoms in total. The van der Waals surface area contributed by atoms with Gasteiger partial charge in [-0.1, -0.05) is 60.1 Å². The Bertz CT molecular complexity index is 1030. The van der Waals surface area contributed by atoms with Crippen molar-refractivity contribution in [3.63, 3.8) is 0 Å². The maximum atomic E-state index is 12.8. The van der Waals surface area contributed by atoms with Crippen molar-refractivity contribution in [1.29, 1.82) is 0 Å². The average molecular weight is 515 g/mol. The molecule has 0 spiro atoms. The number of fused-ring (bicyclic) bond motifs is 7. The standard InChI is InChI=1S/C32H50O5/c1-19(33)37-22-18-29(6)23(28(4,5)25(22)34)11-12-31(8)24(29)10-9-20-21-17-27(2,3)13-15-32(21,26(35)36)16-14-30(20,31)7/h9,21-25,34H,10-18H2,1-8H3,(H,35,36)/t21-,22+,23+,24+,25-,29-,30+,31+,32-/m0/s1. The van der Waals surface area contributed by atoms with Gasteiger partial charge in [-0.25, -0.2) is 0 Å². The molecule has 5 aliphatic rings. The molecule has 5 rings (SSSR count). The van der Waals surface area contributed by atoms with E-state index in [0.717, 1.165) is 51.4 Å². The van der Waals surface area contributed by atoms with Crippen LogP contribution in [0, 0.1) is 50.2 Å². The van der Waals surface area contributed by atoms with E-state index in [9.17, 15) is 19.8 Å². The number of carboxylic acid groups (broad SMARTS) is 1. The molecular weight excluding hydrogens is 464 g/mol. The lowest BCUT2D eigenvalue weighted by atomic mass is 9.33. The Labute approximate surface area is 223 Å². The summed E-state index contributed by atoms with van der Waals surface area (Å²) in [6.45, 7) is 17.7. The number of aliphatic hydroxyl groups excluding tert-OH is 1. The quantitative estimate of drug-likeness (QED) is 0.314. The number of esters is 1. The molecule has 4 fully saturated rings. The molecule has 0 amide bonds. The fourth-order valence-electron chi connectivity index (χ4n) is 11.0. The van der Waals surface area contributed by atoms with Gasteiger partial charge in [0, 0.05) is 6.92 Å². The van der Waals surface area contributed by atoms with Gasteiger partial charge >= 0.3 is 11.9 Å². The molecule has 0 radical (unpaired) electrons. The highest BCUT2D eigenvalue weighted by Crippen LogP contribution is 2.75. The van der Waals surface area contributed by atoms with E-state index in [-0.39, 0.29) is 39.0 Å². The zero-order chi connectivity index (χ0) is 27.4. The number of rotatable bonds is 2. The number of aliphatic carboxylic acids is 1. The SMILES string of the molecule is CC(=O)O[C@@H]1C[C@@]2(C)[C@H](CC[C@]3(C)[C@@H]2CC=C2[C@@H]4CC(C)(C)CC[C@]4(C(=O)O)CC[C@]23C)C(C)(C)[C@H]1O. The van der Waals surface area contributed by atoms with Crippen LogP contribution in [-0.2, 0) is 14.3 Å². The summed E-state index contributed by atoms with van der Waals surface area (Å²) in [5.41, 5.74) is 0.534. The maximum Gasteiger partial charge on any atom is 0.310 e. The summed E-state index contributed by atoms with van der Waals surface area (Å²) in [5.74, 6) is -0.0733. The first-order valence-electron chi connectivity index (χ1n) is 14.7. The molecule has 9 atom stereocenters. The fourth-order valence-corrected chi connectivity index (χ4v) is 11.0. The molecule has 5 heteroatoms. The predicted molar refractivity (Wildman–Crippen MR) is 144 cm³/mol. The molecule has 5 aliphatic carbocycles. The van der Waals surface area contributed by atoms with Gasteiger partial charge in [0.15, 0.2) is 0 Å². The minimum absolute atomic E-state index is 0.0354. The Hall–Kier alpha value is -1.36. The largest absolute Gasteiger partial charge is 0.481 e. The number of carboxylic acids is 1. The van der Waals surface area contributed by atoms with E-state index in [1.54, 1.807) is 0 Å². The molecule has 0 bridgehead atoms. The Kier molecular flexibility index (Phi) is 5.95. The minimum atomic E-state index is -0.667. The van der Waals surface area contributed by atoms with Crippen LogP contribution in [0.5, 0.6) is 0 Å². The normalized spacial score (nSPS) is 49.9. The van der Waals surface area contributed by atoms with Crippen LogP contribution >= 0.6 is 0 Å². The molecular formula is C32H50O5. The van der Waals surface area contributed by atoms with Crippen LogP contribution in [0.1, 0.15) is 113 Å². The van der Waals surface area contributed by atoms with Gasteiger partial charge in [0.1, 0.15) is 6.10 Å². The first-order chi connectivity index (χ1) is 16.9. The molecule has 0 unspecified atom stereocenters. The second kappa shape index (κ2) is 8.08. The van der Waals surface area contributed by atoms with Crippen molar-refractivity contribution < 1.29 is 24.5 Å². The van der Waals surface area contributed by atoms with Crippen LogP contribution in [0.25, 0.3) is 0 Å². The van der Waals surface area contributed by atoms with E-state index in [4.69, 9.17) is 4.74 Å². The van der Waals surface area contributed by atoms with Crippen LogP contribution in [0.15, 0.2) is 11.6 Å². The monoisotopic (exact) mass is 514 g/mol. The minimum Gasteiger partial charge on any atom is -0.481 e. The summed E-state index contributed by atoms with van der Waals surface area (Å²) in [6.07, 6.45) is 9.50. The van der Waals surface area contributed by atoms with Crippen molar-refractivity contribution in [2.75, 3.05) is 0 Å². The number of allylic oxidation sites excluding steroid dienone is 2. The summed E-state index contributed by atoms with van der Waals surface area (Å²) >= 11 is 0. The topological polar surface area (TPSA) is 83.8 Å². The lowest BCUT2D eigenvalue weighted by molar-refractivity contribution is -0.237. The van der Waals surface area contributed by atoms with Gasteiger partial charge < -0.3 is 14.9 Å². The highest BCUT2D eigenvalue weighted by molar-refractivity contribution is 5.76. The van der Waals surface area contributed by atoms with E-state index in [0.29, 0.717) is 18.3 Å². The zero-order valence-corrected chi connectivity index (χ0v) is 24.4. The number of ether oxygens (including phenoxy) is 1. The van der Waals surface area contributed by atoms with Gasteiger partial charge in [0.2, 0.25) is 0 Å². The third-order valence-electron chi connectivity index (χ3n) is 13.3. The third kappa shape index (κ3) is 3.50. The molecule has 37 heavy (non-hydrogen) atoms. The highest BCUT2D eigenvalue weighted by atomic mass is 16.6. The molecule has 0 aromatic heterocycles. The molecule has 0 saturated heterocycles. The number of aliphatic hydroxyl groups is 1. The highest BCUT2D eigenvalue weighted by Gasteiger charge is 2.70. The Morgan fingerprint density at radius 2 is 1.57 bits per heavy atom. The number of carbonyl (C=O) groups excluding carboxylic acids is 1. The first kappa shape index (κ1) is 27.2. The van der Waals surface area contributed by atoms with Crippen molar-refractivity contribution in [3.8, 4) is 0 Å². The van der Waals surface area contributed by atoms with Crippen LogP contribution in [0.4, 0.5) is 0 Å². The average Bonchev–Trinajstić information content (AvgIpc) is 2.77. The lowest BCUT2D eigenvalue weighted by Gasteiger charge is -2.71. The van der Waals surface area contributed by atoms with Crippen molar-refractivity contribution in [2.24, 2.45) is 50.2 Å². The van der Waals surface area contributed by atoms with E-state index in [1.165, 1.54) is 12.5 Å². The van der Waals surface area contributed by atoms with Crippen LogP contribution < -0.4 is 0 Å². The van der Waals surface area contributed by atoms with Gasteiger partial charge in [-0.15, -0.1) is 0 Å². The predicted octanol–water partition coefficient (Wildman–Crippen LogP) is 6.78. The van der Waals surface area contributed by atoms with E-state index < -0.39 is 23.6 Å². The fraction of sp³-hybridized carbons (Fsp3) is 0.875.